The van der Waals surface area contributed by atoms with Crippen molar-refractivity contribution in [2.45, 2.75) is 12.6 Å². The molecular weight excluding hydrogens is 489 g/mol. The molecule has 0 aliphatic rings. The van der Waals surface area contributed by atoms with Gasteiger partial charge in [0.2, 0.25) is 5.91 Å². The fraction of sp³-hybridized carbons (Fsp3) is 0.0769. The second-order valence-corrected chi connectivity index (χ2v) is 8.01. The van der Waals surface area contributed by atoms with E-state index in [1.54, 1.807) is 18.2 Å². The standard InChI is InChI=1S/C26H17F3N4O4/c27-26(28,29)17-5-1-3-14(9-17)11-22(34)31-20-6-2-4-16-12-21(32-23(16)20)24(35)33-19-8-7-15(13-30)10-18(19)25(36)37/h1-10,12,32H,11H2,(H,31,34)(H,33,35)(H,36,37). The van der Waals surface area contributed by atoms with E-state index in [-0.39, 0.29) is 34.5 Å². The number of rotatable bonds is 6. The van der Waals surface area contributed by atoms with E-state index >= 15 is 0 Å². The fourth-order valence-corrected chi connectivity index (χ4v) is 3.71. The van der Waals surface area contributed by atoms with Crippen molar-refractivity contribution in [1.82, 2.24) is 4.98 Å². The van der Waals surface area contributed by atoms with Crippen LogP contribution in [0.2, 0.25) is 0 Å². The summed E-state index contributed by atoms with van der Waals surface area (Å²) >= 11 is 0. The van der Waals surface area contributed by atoms with Gasteiger partial charge in [0.25, 0.3) is 5.91 Å². The van der Waals surface area contributed by atoms with Gasteiger partial charge in [-0.15, -0.1) is 0 Å². The molecule has 4 N–H and O–H groups in total. The number of halogens is 3. The SMILES string of the molecule is N#Cc1ccc(NC(=O)c2cc3cccc(NC(=O)Cc4cccc(C(F)(F)F)c4)c3[nH]2)c(C(=O)O)c1. The maximum absolute atomic E-state index is 12.9. The van der Waals surface area contributed by atoms with Crippen LogP contribution in [0.1, 0.15) is 37.5 Å². The quantitative estimate of drug-likeness (QED) is 0.285. The first-order valence-electron chi connectivity index (χ1n) is 10.7. The summed E-state index contributed by atoms with van der Waals surface area (Å²) in [5, 5.41) is 24.1. The van der Waals surface area contributed by atoms with Crippen LogP contribution in [0.5, 0.6) is 0 Å². The van der Waals surface area contributed by atoms with Gasteiger partial charge in [0.1, 0.15) is 5.69 Å². The lowest BCUT2D eigenvalue weighted by molar-refractivity contribution is -0.137. The van der Waals surface area contributed by atoms with Gasteiger partial charge in [-0.25, -0.2) is 4.79 Å². The Labute approximate surface area is 207 Å². The summed E-state index contributed by atoms with van der Waals surface area (Å²) in [6.45, 7) is 0. The third kappa shape index (κ3) is 5.59. The van der Waals surface area contributed by atoms with Crippen LogP contribution in [0, 0.1) is 11.3 Å². The van der Waals surface area contributed by atoms with E-state index in [0.29, 0.717) is 16.6 Å². The summed E-state index contributed by atoms with van der Waals surface area (Å²) in [5.41, 5.74) is -0.0602. The monoisotopic (exact) mass is 506 g/mol. The molecule has 0 spiro atoms. The molecule has 1 heterocycles. The average Bonchev–Trinajstić information content (AvgIpc) is 3.29. The molecule has 3 aromatic carbocycles. The summed E-state index contributed by atoms with van der Waals surface area (Å²) in [6, 6.07) is 16.5. The number of para-hydroxylation sites is 1. The predicted molar refractivity (Wildman–Crippen MR) is 128 cm³/mol. The van der Waals surface area contributed by atoms with Crippen LogP contribution in [-0.4, -0.2) is 27.9 Å². The van der Waals surface area contributed by atoms with Gasteiger partial charge in [0, 0.05) is 5.39 Å². The summed E-state index contributed by atoms with van der Waals surface area (Å²) < 4.78 is 38.8. The van der Waals surface area contributed by atoms with Gasteiger partial charge in [0.15, 0.2) is 0 Å². The van der Waals surface area contributed by atoms with Crippen LogP contribution in [0.4, 0.5) is 24.5 Å². The van der Waals surface area contributed by atoms with E-state index in [2.05, 4.69) is 15.6 Å². The van der Waals surface area contributed by atoms with Crippen LogP contribution in [0.3, 0.4) is 0 Å². The van der Waals surface area contributed by atoms with Gasteiger partial charge in [-0.2, -0.15) is 18.4 Å². The second-order valence-electron chi connectivity index (χ2n) is 8.01. The van der Waals surface area contributed by atoms with E-state index in [4.69, 9.17) is 5.26 Å². The molecule has 0 saturated heterocycles. The smallest absolute Gasteiger partial charge is 0.416 e. The van der Waals surface area contributed by atoms with Crippen molar-refractivity contribution in [2.75, 3.05) is 10.6 Å². The lowest BCUT2D eigenvalue weighted by Crippen LogP contribution is -2.16. The number of carbonyl (C=O) groups is 3. The number of amides is 2. The number of aromatic amines is 1. The normalized spacial score (nSPS) is 11.1. The van der Waals surface area contributed by atoms with Crippen LogP contribution in [0.15, 0.2) is 66.7 Å². The largest absolute Gasteiger partial charge is 0.478 e. The van der Waals surface area contributed by atoms with E-state index in [9.17, 15) is 32.7 Å². The number of nitriles is 1. The molecule has 0 bridgehead atoms. The van der Waals surface area contributed by atoms with Crippen molar-refractivity contribution >= 4 is 40.1 Å². The Bertz CT molecular complexity index is 1580. The maximum Gasteiger partial charge on any atom is 0.416 e. The molecule has 0 saturated carbocycles. The highest BCUT2D eigenvalue weighted by Crippen LogP contribution is 2.30. The highest BCUT2D eigenvalue weighted by Gasteiger charge is 2.30. The Morgan fingerprint density at radius 3 is 2.41 bits per heavy atom. The first-order chi connectivity index (χ1) is 17.5. The predicted octanol–water partition coefficient (Wildman–Crippen LogP) is 5.19. The molecule has 1 aromatic heterocycles. The molecule has 0 atom stereocenters. The summed E-state index contributed by atoms with van der Waals surface area (Å²) in [5.74, 6) is -2.55. The number of carboxylic acids is 1. The molecule has 8 nitrogen and oxygen atoms in total. The van der Waals surface area contributed by atoms with Crippen molar-refractivity contribution in [2.24, 2.45) is 0 Å². The van der Waals surface area contributed by atoms with Gasteiger partial charge >= 0.3 is 12.1 Å². The molecule has 0 unspecified atom stereocenters. The topological polar surface area (TPSA) is 135 Å². The number of carbonyl (C=O) groups excluding carboxylic acids is 2. The zero-order valence-electron chi connectivity index (χ0n) is 18.8. The zero-order chi connectivity index (χ0) is 26.7. The van der Waals surface area contributed by atoms with E-state index < -0.39 is 29.5 Å². The molecule has 4 rings (SSSR count). The highest BCUT2D eigenvalue weighted by molar-refractivity contribution is 6.10. The molecule has 0 aliphatic heterocycles. The molecule has 2 amide bonds. The number of carboxylic acid groups (broad SMARTS) is 1. The van der Waals surface area contributed by atoms with Crippen LogP contribution < -0.4 is 10.6 Å². The lowest BCUT2D eigenvalue weighted by atomic mass is 10.1. The van der Waals surface area contributed by atoms with E-state index in [1.165, 1.54) is 30.3 Å². The Hall–Kier alpha value is -5.11. The summed E-state index contributed by atoms with van der Waals surface area (Å²) in [6.07, 6.45) is -4.83. The molecule has 186 valence electrons. The van der Waals surface area contributed by atoms with E-state index in [1.807, 2.05) is 6.07 Å². The van der Waals surface area contributed by atoms with Gasteiger partial charge < -0.3 is 20.7 Å². The second kappa shape index (κ2) is 9.87. The van der Waals surface area contributed by atoms with Crippen molar-refractivity contribution in [3.05, 3.63) is 94.7 Å². The Balaban J connectivity index is 1.54. The number of alkyl halides is 3. The van der Waals surface area contributed by atoms with Gasteiger partial charge in [-0.3, -0.25) is 9.59 Å². The Morgan fingerprint density at radius 1 is 0.946 bits per heavy atom. The lowest BCUT2D eigenvalue weighted by Gasteiger charge is -2.10. The van der Waals surface area contributed by atoms with Crippen LogP contribution in [0.25, 0.3) is 10.9 Å². The molecule has 0 fully saturated rings. The minimum Gasteiger partial charge on any atom is -0.478 e. The fourth-order valence-electron chi connectivity index (χ4n) is 3.71. The number of fused-ring (bicyclic) bond motifs is 1. The molecular formula is C26H17F3N4O4. The Kier molecular flexibility index (Phi) is 6.67. The third-order valence-corrected chi connectivity index (χ3v) is 5.42. The average molecular weight is 506 g/mol. The zero-order valence-corrected chi connectivity index (χ0v) is 18.8. The minimum atomic E-state index is -4.53. The number of H-pyrrole nitrogens is 1. The Morgan fingerprint density at radius 2 is 1.70 bits per heavy atom. The summed E-state index contributed by atoms with van der Waals surface area (Å²) in [4.78, 5) is 39.8. The molecule has 0 radical (unpaired) electrons. The van der Waals surface area contributed by atoms with Crippen LogP contribution >= 0.6 is 0 Å². The van der Waals surface area contributed by atoms with Gasteiger partial charge in [0.05, 0.1) is 46.1 Å². The number of benzene rings is 3. The number of anilines is 2. The molecule has 0 aliphatic carbocycles. The molecule has 4 aromatic rings. The molecule has 37 heavy (non-hydrogen) atoms. The van der Waals surface area contributed by atoms with E-state index in [0.717, 1.165) is 18.2 Å². The molecule has 11 heteroatoms. The highest BCUT2D eigenvalue weighted by atomic mass is 19.4. The number of aromatic carboxylic acids is 1. The van der Waals surface area contributed by atoms with Crippen molar-refractivity contribution in [1.29, 1.82) is 5.26 Å². The van der Waals surface area contributed by atoms with Gasteiger partial charge in [-0.05, 0) is 42.0 Å². The van der Waals surface area contributed by atoms with Crippen molar-refractivity contribution < 1.29 is 32.7 Å². The van der Waals surface area contributed by atoms with Crippen molar-refractivity contribution in [3.8, 4) is 6.07 Å². The number of hydrogen-bond acceptors (Lipinski definition) is 4. The maximum atomic E-state index is 12.9. The van der Waals surface area contributed by atoms with Crippen molar-refractivity contribution in [3.63, 3.8) is 0 Å². The third-order valence-electron chi connectivity index (χ3n) is 5.42. The number of nitrogens with zero attached hydrogens (tertiary/aromatic N) is 1. The number of hydrogen-bond donors (Lipinski definition) is 4. The van der Waals surface area contributed by atoms with Crippen LogP contribution in [-0.2, 0) is 17.4 Å². The summed E-state index contributed by atoms with van der Waals surface area (Å²) in [7, 11) is 0. The number of aromatic nitrogens is 1. The van der Waals surface area contributed by atoms with Gasteiger partial charge in [-0.1, -0.05) is 30.3 Å². The first kappa shape index (κ1) is 25.0. The minimum absolute atomic E-state index is 0.00947. The number of nitrogens with one attached hydrogen (secondary N) is 3. The first-order valence-corrected chi connectivity index (χ1v) is 10.7.